The largest absolute Gasteiger partial charge is 0.478 e. The molecule has 0 saturated heterocycles. The van der Waals surface area contributed by atoms with E-state index >= 15 is 0 Å². The summed E-state index contributed by atoms with van der Waals surface area (Å²) < 4.78 is 5.50. The Morgan fingerprint density at radius 2 is 2.00 bits per heavy atom. The van der Waals surface area contributed by atoms with Crippen LogP contribution < -0.4 is 10.5 Å². The zero-order valence-electron chi connectivity index (χ0n) is 11.6. The number of aliphatic carboxylic acids is 1. The Labute approximate surface area is 131 Å². The van der Waals surface area contributed by atoms with Gasteiger partial charge < -0.3 is 15.6 Å². The van der Waals surface area contributed by atoms with Crippen molar-refractivity contribution in [1.29, 1.82) is 0 Å². The average Bonchev–Trinajstić information content (AvgIpc) is 2.46. The van der Waals surface area contributed by atoms with Crippen LogP contribution in [-0.2, 0) is 4.79 Å². The van der Waals surface area contributed by atoms with Gasteiger partial charge in [0, 0.05) is 5.02 Å². The third-order valence-corrected chi connectivity index (χ3v) is 3.77. The number of benzene rings is 1. The lowest BCUT2D eigenvalue weighted by Gasteiger charge is -2.27. The Morgan fingerprint density at radius 1 is 1.32 bits per heavy atom. The molecule has 112 valence electrons. The molecule has 1 atom stereocenters. The maximum atomic E-state index is 11.7. The Bertz CT molecular complexity index is 787. The van der Waals surface area contributed by atoms with E-state index in [0.717, 1.165) is 5.56 Å². The molecule has 1 aliphatic heterocycles. The Balaban J connectivity index is 2.27. The number of aromatic nitrogens is 2. The van der Waals surface area contributed by atoms with Crippen LogP contribution in [0.15, 0.2) is 41.9 Å². The van der Waals surface area contributed by atoms with E-state index < -0.39 is 11.9 Å². The number of nitrogen functional groups attached to an aromatic ring is 1. The summed E-state index contributed by atoms with van der Waals surface area (Å²) >= 11 is 5.91. The van der Waals surface area contributed by atoms with Crippen LogP contribution in [0, 0.1) is 0 Å². The molecule has 0 amide bonds. The van der Waals surface area contributed by atoms with E-state index in [-0.39, 0.29) is 23.0 Å². The summed E-state index contributed by atoms with van der Waals surface area (Å²) in [5, 5.41) is 10.1. The van der Waals surface area contributed by atoms with Gasteiger partial charge in [-0.05, 0) is 24.6 Å². The third-order valence-electron chi connectivity index (χ3n) is 3.52. The first-order valence-electron chi connectivity index (χ1n) is 6.46. The van der Waals surface area contributed by atoms with Crippen LogP contribution in [0.25, 0.3) is 0 Å². The van der Waals surface area contributed by atoms with Gasteiger partial charge in [0.1, 0.15) is 17.9 Å². The van der Waals surface area contributed by atoms with E-state index in [1.54, 1.807) is 31.2 Å². The number of ether oxygens (including phenoxy) is 1. The molecule has 0 bridgehead atoms. The van der Waals surface area contributed by atoms with E-state index in [0.29, 0.717) is 10.6 Å². The molecule has 0 saturated carbocycles. The molecule has 0 aliphatic carbocycles. The zero-order chi connectivity index (χ0) is 15.9. The van der Waals surface area contributed by atoms with Gasteiger partial charge in [-0.1, -0.05) is 23.7 Å². The number of carboxylic acids is 1. The smallest absolute Gasteiger partial charge is 0.335 e. The van der Waals surface area contributed by atoms with Crippen LogP contribution in [0.5, 0.6) is 5.88 Å². The molecule has 1 aromatic heterocycles. The summed E-state index contributed by atoms with van der Waals surface area (Å²) in [6.45, 7) is 1.59. The first kappa shape index (κ1) is 14.3. The number of hydrogen-bond acceptors (Lipinski definition) is 5. The number of allylic oxidation sites excluding steroid dienone is 1. The topological polar surface area (TPSA) is 98.3 Å². The van der Waals surface area contributed by atoms with Gasteiger partial charge in [-0.3, -0.25) is 0 Å². The van der Waals surface area contributed by atoms with Crippen LogP contribution in [0.4, 0.5) is 5.82 Å². The van der Waals surface area contributed by atoms with Gasteiger partial charge >= 0.3 is 5.97 Å². The van der Waals surface area contributed by atoms with E-state index in [2.05, 4.69) is 9.97 Å². The minimum absolute atomic E-state index is 0.108. The number of halogens is 1. The van der Waals surface area contributed by atoms with Crippen molar-refractivity contribution in [3.8, 4) is 5.88 Å². The fourth-order valence-electron chi connectivity index (χ4n) is 2.56. The fourth-order valence-corrected chi connectivity index (χ4v) is 2.68. The Kier molecular flexibility index (Phi) is 3.46. The molecule has 7 heteroatoms. The lowest BCUT2D eigenvalue weighted by atomic mass is 9.83. The van der Waals surface area contributed by atoms with E-state index in [9.17, 15) is 9.90 Å². The molecule has 2 heterocycles. The predicted octanol–water partition coefficient (Wildman–Crippen LogP) is 2.60. The molecule has 1 aliphatic rings. The number of rotatable bonds is 2. The first-order chi connectivity index (χ1) is 10.5. The molecular weight excluding hydrogens is 306 g/mol. The van der Waals surface area contributed by atoms with Gasteiger partial charge in [0.25, 0.3) is 0 Å². The van der Waals surface area contributed by atoms with Crippen molar-refractivity contribution < 1.29 is 14.6 Å². The lowest BCUT2D eigenvalue weighted by Crippen LogP contribution is -2.23. The second kappa shape index (κ2) is 5.31. The van der Waals surface area contributed by atoms with Crippen molar-refractivity contribution in [3.63, 3.8) is 0 Å². The number of anilines is 1. The summed E-state index contributed by atoms with van der Waals surface area (Å²) in [5.74, 6) is -0.949. The van der Waals surface area contributed by atoms with Crippen molar-refractivity contribution >= 4 is 23.4 Å². The zero-order valence-corrected chi connectivity index (χ0v) is 12.3. The number of carbonyl (C=O) groups is 1. The first-order valence-corrected chi connectivity index (χ1v) is 6.84. The minimum Gasteiger partial charge on any atom is -0.478 e. The van der Waals surface area contributed by atoms with Gasteiger partial charge in [-0.15, -0.1) is 0 Å². The number of nitrogens with two attached hydrogens (primary N) is 1. The van der Waals surface area contributed by atoms with Crippen molar-refractivity contribution in [1.82, 2.24) is 9.97 Å². The molecule has 1 aromatic carbocycles. The normalized spacial score (nSPS) is 16.9. The van der Waals surface area contributed by atoms with Crippen LogP contribution in [0.3, 0.4) is 0 Å². The second-order valence-electron chi connectivity index (χ2n) is 4.84. The fraction of sp³-hybridized carbons (Fsp3) is 0.133. The molecule has 6 nitrogen and oxygen atoms in total. The summed E-state index contributed by atoms with van der Waals surface area (Å²) in [7, 11) is 0. The summed E-state index contributed by atoms with van der Waals surface area (Å²) in [6, 6.07) is 6.90. The van der Waals surface area contributed by atoms with E-state index in [1.165, 1.54) is 6.33 Å². The minimum atomic E-state index is -1.08. The standard InChI is InChI=1S/C15H12ClN3O3/c1-7-10(15(20)21)11(8-2-4-9(16)5-3-8)12-13(17)18-6-19-14(12)22-7/h2-6,11H,1H3,(H,20,21)(H2,17,18,19). The highest BCUT2D eigenvalue weighted by molar-refractivity contribution is 6.30. The van der Waals surface area contributed by atoms with Crippen molar-refractivity contribution in [3.05, 3.63) is 58.1 Å². The molecule has 0 fully saturated rings. The lowest BCUT2D eigenvalue weighted by molar-refractivity contribution is -0.133. The second-order valence-corrected chi connectivity index (χ2v) is 5.28. The SMILES string of the molecule is CC1=C(C(=O)O)C(c2ccc(Cl)cc2)c2c(N)ncnc2O1. The molecule has 0 radical (unpaired) electrons. The highest BCUT2D eigenvalue weighted by atomic mass is 35.5. The van der Waals surface area contributed by atoms with Crippen LogP contribution >= 0.6 is 11.6 Å². The summed E-state index contributed by atoms with van der Waals surface area (Å²) in [5.41, 5.74) is 7.22. The predicted molar refractivity (Wildman–Crippen MR) is 80.7 cm³/mol. The average molecular weight is 318 g/mol. The van der Waals surface area contributed by atoms with Crippen LogP contribution in [0.1, 0.15) is 24.0 Å². The maximum absolute atomic E-state index is 11.7. The Hall–Kier alpha value is -2.60. The molecule has 2 aromatic rings. The van der Waals surface area contributed by atoms with Gasteiger partial charge in [-0.2, -0.15) is 0 Å². The van der Waals surface area contributed by atoms with Crippen molar-refractivity contribution in [2.24, 2.45) is 0 Å². The molecular formula is C15H12ClN3O3. The molecule has 3 rings (SSSR count). The van der Waals surface area contributed by atoms with Gasteiger partial charge in [0.15, 0.2) is 0 Å². The Morgan fingerprint density at radius 3 is 2.64 bits per heavy atom. The quantitative estimate of drug-likeness (QED) is 0.883. The van der Waals surface area contributed by atoms with Crippen molar-refractivity contribution in [2.75, 3.05) is 5.73 Å². The molecule has 22 heavy (non-hydrogen) atoms. The van der Waals surface area contributed by atoms with Crippen LogP contribution in [-0.4, -0.2) is 21.0 Å². The summed E-state index contributed by atoms with van der Waals surface area (Å²) in [4.78, 5) is 19.7. The van der Waals surface area contributed by atoms with Gasteiger partial charge in [-0.25, -0.2) is 14.8 Å². The number of carboxylic acid groups (broad SMARTS) is 1. The molecule has 3 N–H and O–H groups in total. The highest BCUT2D eigenvalue weighted by Gasteiger charge is 2.36. The molecule has 1 unspecified atom stereocenters. The number of fused-ring (bicyclic) bond motifs is 1. The highest BCUT2D eigenvalue weighted by Crippen LogP contribution is 2.44. The van der Waals surface area contributed by atoms with E-state index in [4.69, 9.17) is 22.1 Å². The van der Waals surface area contributed by atoms with Crippen LogP contribution in [0.2, 0.25) is 5.02 Å². The van der Waals surface area contributed by atoms with Gasteiger partial charge in [0.05, 0.1) is 17.1 Å². The van der Waals surface area contributed by atoms with Gasteiger partial charge in [0.2, 0.25) is 5.88 Å². The number of hydrogen-bond donors (Lipinski definition) is 2. The maximum Gasteiger partial charge on any atom is 0.335 e. The third kappa shape index (κ3) is 2.27. The van der Waals surface area contributed by atoms with Crippen molar-refractivity contribution in [2.45, 2.75) is 12.8 Å². The summed E-state index contributed by atoms with van der Waals surface area (Å²) in [6.07, 6.45) is 1.28. The monoisotopic (exact) mass is 317 g/mol. The molecule has 0 spiro atoms. The number of nitrogens with zero attached hydrogens (tertiary/aromatic N) is 2. The van der Waals surface area contributed by atoms with E-state index in [1.807, 2.05) is 0 Å².